The molecular weight excluding hydrogens is 208 g/mol. The Morgan fingerprint density at radius 3 is 2.07 bits per heavy atom. The zero-order valence-electron chi connectivity index (χ0n) is 10.7. The van der Waals surface area contributed by atoms with E-state index in [4.69, 9.17) is 16.3 Å². The van der Waals surface area contributed by atoms with Crippen LogP contribution in [0.25, 0.3) is 0 Å². The van der Waals surface area contributed by atoms with Gasteiger partial charge in [-0.3, -0.25) is 0 Å². The smallest absolute Gasteiger partial charge is 0.137 e. The van der Waals surface area contributed by atoms with Crippen molar-refractivity contribution in [3.63, 3.8) is 0 Å². The van der Waals surface area contributed by atoms with Crippen LogP contribution in [0.4, 0.5) is 0 Å². The van der Waals surface area contributed by atoms with Crippen molar-refractivity contribution < 1.29 is 4.74 Å². The van der Waals surface area contributed by atoms with Gasteiger partial charge in [-0.2, -0.15) is 0 Å². The zero-order chi connectivity index (χ0) is 12.3. The number of rotatable bonds is 2. The Labute approximate surface area is 99.4 Å². The summed E-state index contributed by atoms with van der Waals surface area (Å²) in [6.45, 7) is 10.1. The summed E-state index contributed by atoms with van der Waals surface area (Å²) in [6.07, 6.45) is 1.01. The minimum atomic E-state index is 0.671. The number of hydrogen-bond donors (Lipinski definition) is 0. The fourth-order valence-corrected chi connectivity index (χ4v) is 1.12. The van der Waals surface area contributed by atoms with E-state index >= 15 is 0 Å². The maximum absolute atomic E-state index is 5.83. The molecule has 1 rings (SSSR count). The Kier molecular flexibility index (Phi) is 12.7. The first-order chi connectivity index (χ1) is 7.27. The van der Waals surface area contributed by atoms with Crippen molar-refractivity contribution in [2.75, 3.05) is 7.11 Å². The van der Waals surface area contributed by atoms with Crippen LogP contribution in [-0.2, 0) is 6.42 Å². The van der Waals surface area contributed by atoms with Crippen LogP contribution in [-0.4, -0.2) is 7.11 Å². The van der Waals surface area contributed by atoms with Gasteiger partial charge in [0.15, 0.2) is 0 Å². The van der Waals surface area contributed by atoms with E-state index < -0.39 is 0 Å². The van der Waals surface area contributed by atoms with Crippen LogP contribution < -0.4 is 4.74 Å². The highest BCUT2D eigenvalue weighted by atomic mass is 35.5. The van der Waals surface area contributed by atoms with E-state index in [0.717, 1.165) is 12.2 Å². The molecule has 0 radical (unpaired) electrons. The standard InChI is InChI=1S/C9H11ClO.2C2H6/c1-3-7-4-5-8(10)9(6-7)11-2;2*1-2/h4-6H,3H2,1-2H3;2*1-2H3. The fraction of sp³-hybridized carbons (Fsp3) is 0.538. The Morgan fingerprint density at radius 1 is 1.13 bits per heavy atom. The molecule has 0 fully saturated rings. The zero-order valence-corrected chi connectivity index (χ0v) is 11.5. The maximum atomic E-state index is 5.83. The molecule has 0 bridgehead atoms. The van der Waals surface area contributed by atoms with Gasteiger partial charge in [-0.05, 0) is 24.1 Å². The largest absolute Gasteiger partial charge is 0.495 e. The molecule has 0 saturated carbocycles. The summed E-state index contributed by atoms with van der Waals surface area (Å²) < 4.78 is 5.06. The predicted molar refractivity (Wildman–Crippen MR) is 70.1 cm³/mol. The number of halogens is 1. The molecule has 0 unspecified atom stereocenters. The third-order valence-electron chi connectivity index (χ3n) is 1.62. The first kappa shape index (κ1) is 16.7. The molecule has 0 aliphatic heterocycles. The van der Waals surface area contributed by atoms with Crippen LogP contribution in [0.3, 0.4) is 0 Å². The molecule has 2 heteroatoms. The number of hydrogen-bond acceptors (Lipinski definition) is 1. The van der Waals surface area contributed by atoms with Crippen molar-refractivity contribution in [1.82, 2.24) is 0 Å². The lowest BCUT2D eigenvalue weighted by molar-refractivity contribution is 0.414. The van der Waals surface area contributed by atoms with Crippen molar-refractivity contribution in [2.45, 2.75) is 41.0 Å². The van der Waals surface area contributed by atoms with Gasteiger partial charge in [0.25, 0.3) is 0 Å². The molecule has 0 spiro atoms. The average Bonchev–Trinajstić information content (AvgIpc) is 2.35. The van der Waals surface area contributed by atoms with Crippen molar-refractivity contribution in [1.29, 1.82) is 0 Å². The number of aryl methyl sites for hydroxylation is 1. The summed E-state index contributed by atoms with van der Waals surface area (Å²) in [5, 5.41) is 0.671. The van der Waals surface area contributed by atoms with Crippen LogP contribution in [0, 0.1) is 0 Å². The fourth-order valence-electron chi connectivity index (χ4n) is 0.924. The van der Waals surface area contributed by atoms with E-state index in [-0.39, 0.29) is 0 Å². The molecule has 1 nitrogen and oxygen atoms in total. The van der Waals surface area contributed by atoms with Crippen LogP contribution in [0.2, 0.25) is 5.02 Å². The molecular formula is C13H23ClO. The predicted octanol–water partition coefficient (Wildman–Crippen LogP) is 4.96. The van der Waals surface area contributed by atoms with Crippen LogP contribution in [0.5, 0.6) is 5.75 Å². The second-order valence-electron chi connectivity index (χ2n) is 2.32. The minimum absolute atomic E-state index is 0.671. The SMILES string of the molecule is CC.CC.CCc1ccc(Cl)c(OC)c1. The molecule has 0 aliphatic rings. The van der Waals surface area contributed by atoms with Gasteiger partial charge < -0.3 is 4.74 Å². The molecule has 1 aromatic rings. The summed E-state index contributed by atoms with van der Waals surface area (Å²) in [5.41, 5.74) is 1.24. The van der Waals surface area contributed by atoms with E-state index in [2.05, 4.69) is 6.92 Å². The van der Waals surface area contributed by atoms with Crippen LogP contribution >= 0.6 is 11.6 Å². The maximum Gasteiger partial charge on any atom is 0.137 e. The molecule has 1 aromatic carbocycles. The van der Waals surface area contributed by atoms with Gasteiger partial charge in [-0.15, -0.1) is 0 Å². The van der Waals surface area contributed by atoms with Crippen molar-refractivity contribution in [2.24, 2.45) is 0 Å². The van der Waals surface area contributed by atoms with E-state index in [1.807, 2.05) is 45.9 Å². The van der Waals surface area contributed by atoms with E-state index in [1.54, 1.807) is 7.11 Å². The highest BCUT2D eigenvalue weighted by molar-refractivity contribution is 6.32. The molecule has 0 saturated heterocycles. The Hall–Kier alpha value is -0.690. The van der Waals surface area contributed by atoms with Gasteiger partial charge >= 0.3 is 0 Å². The summed E-state index contributed by atoms with van der Waals surface area (Å²) in [5.74, 6) is 0.756. The van der Waals surface area contributed by atoms with E-state index in [0.29, 0.717) is 5.02 Å². The van der Waals surface area contributed by atoms with Crippen molar-refractivity contribution >= 4 is 11.6 Å². The molecule has 0 heterocycles. The second-order valence-corrected chi connectivity index (χ2v) is 2.73. The molecule has 0 aromatic heterocycles. The topological polar surface area (TPSA) is 9.23 Å². The Bertz CT molecular complexity index is 246. The Balaban J connectivity index is 0. The Morgan fingerprint density at radius 2 is 1.67 bits per heavy atom. The average molecular weight is 231 g/mol. The number of methoxy groups -OCH3 is 1. The van der Waals surface area contributed by atoms with Gasteiger partial charge in [0, 0.05) is 0 Å². The lowest BCUT2D eigenvalue weighted by Crippen LogP contribution is -1.86. The third kappa shape index (κ3) is 6.40. The minimum Gasteiger partial charge on any atom is -0.495 e. The lowest BCUT2D eigenvalue weighted by Gasteiger charge is -2.03. The summed E-state index contributed by atoms with van der Waals surface area (Å²) in [4.78, 5) is 0. The van der Waals surface area contributed by atoms with Gasteiger partial charge in [0.1, 0.15) is 5.75 Å². The van der Waals surface area contributed by atoms with E-state index in [1.165, 1.54) is 5.56 Å². The highest BCUT2D eigenvalue weighted by Gasteiger charge is 1.99. The van der Waals surface area contributed by atoms with Gasteiger partial charge in [0.05, 0.1) is 12.1 Å². The lowest BCUT2D eigenvalue weighted by atomic mass is 10.2. The number of ether oxygens (including phenoxy) is 1. The van der Waals surface area contributed by atoms with Gasteiger partial charge in [0.2, 0.25) is 0 Å². The van der Waals surface area contributed by atoms with E-state index in [9.17, 15) is 0 Å². The quantitative estimate of drug-likeness (QED) is 0.698. The summed E-state index contributed by atoms with van der Waals surface area (Å²) in [7, 11) is 1.63. The van der Waals surface area contributed by atoms with Gasteiger partial charge in [-0.1, -0.05) is 52.3 Å². The molecule has 0 aliphatic carbocycles. The molecule has 0 amide bonds. The summed E-state index contributed by atoms with van der Waals surface area (Å²) in [6, 6.07) is 5.83. The van der Waals surface area contributed by atoms with Gasteiger partial charge in [-0.25, -0.2) is 0 Å². The van der Waals surface area contributed by atoms with Crippen molar-refractivity contribution in [3.05, 3.63) is 28.8 Å². The summed E-state index contributed by atoms with van der Waals surface area (Å²) >= 11 is 5.83. The molecule has 88 valence electrons. The first-order valence-corrected chi connectivity index (χ1v) is 5.98. The first-order valence-electron chi connectivity index (χ1n) is 5.60. The number of benzene rings is 1. The normalized spacial score (nSPS) is 7.93. The monoisotopic (exact) mass is 230 g/mol. The third-order valence-corrected chi connectivity index (χ3v) is 1.94. The molecule has 0 atom stereocenters. The highest BCUT2D eigenvalue weighted by Crippen LogP contribution is 2.24. The second kappa shape index (κ2) is 11.4. The molecule has 0 N–H and O–H groups in total. The van der Waals surface area contributed by atoms with Crippen LogP contribution in [0.15, 0.2) is 18.2 Å². The molecule has 15 heavy (non-hydrogen) atoms. The van der Waals surface area contributed by atoms with Crippen LogP contribution in [0.1, 0.15) is 40.2 Å². The van der Waals surface area contributed by atoms with Crippen molar-refractivity contribution in [3.8, 4) is 5.75 Å².